The summed E-state index contributed by atoms with van der Waals surface area (Å²) in [5, 5.41) is 12.4. The summed E-state index contributed by atoms with van der Waals surface area (Å²) in [4.78, 5) is 11.4. The molecule has 0 heterocycles. The third kappa shape index (κ3) is 4.92. The molecule has 1 amide bonds. The van der Waals surface area contributed by atoms with Gasteiger partial charge in [-0.3, -0.25) is 4.79 Å². The number of carbonyl (C=O) groups excluding carboxylic acids is 1. The quantitative estimate of drug-likeness (QED) is 0.635. The van der Waals surface area contributed by atoms with Crippen molar-refractivity contribution in [1.29, 1.82) is 0 Å². The van der Waals surface area contributed by atoms with Gasteiger partial charge >= 0.3 is 0 Å². The van der Waals surface area contributed by atoms with Crippen LogP contribution in [0.15, 0.2) is 0 Å². The number of ether oxygens (including phenoxy) is 2. The molecule has 0 unspecified atom stereocenters. The van der Waals surface area contributed by atoms with Crippen LogP contribution in [0.25, 0.3) is 0 Å². The Labute approximate surface area is 96.1 Å². The van der Waals surface area contributed by atoms with Gasteiger partial charge in [0.2, 0.25) is 5.91 Å². The number of amides is 1. The normalized spacial score (nSPS) is 25.4. The molecule has 0 aliphatic heterocycles. The van der Waals surface area contributed by atoms with Crippen molar-refractivity contribution in [2.24, 2.45) is 0 Å². The Balaban J connectivity index is 2.12. The first kappa shape index (κ1) is 13.4. The second kappa shape index (κ2) is 7.60. The maximum absolute atomic E-state index is 11.4. The zero-order chi connectivity index (χ0) is 11.8. The highest BCUT2D eigenvalue weighted by Crippen LogP contribution is 2.18. The van der Waals surface area contributed by atoms with Crippen molar-refractivity contribution in [3.05, 3.63) is 0 Å². The van der Waals surface area contributed by atoms with Crippen molar-refractivity contribution in [2.75, 3.05) is 26.9 Å². The predicted molar refractivity (Wildman–Crippen MR) is 59.1 cm³/mol. The van der Waals surface area contributed by atoms with Crippen LogP contribution in [0.5, 0.6) is 0 Å². The Morgan fingerprint density at radius 2 is 2.12 bits per heavy atom. The van der Waals surface area contributed by atoms with Crippen LogP contribution < -0.4 is 5.32 Å². The van der Waals surface area contributed by atoms with Crippen molar-refractivity contribution >= 4 is 5.91 Å². The van der Waals surface area contributed by atoms with E-state index in [9.17, 15) is 9.90 Å². The number of hydrogen-bond donors (Lipinski definition) is 2. The van der Waals surface area contributed by atoms with E-state index in [1.165, 1.54) is 0 Å². The van der Waals surface area contributed by atoms with Gasteiger partial charge in [-0.25, -0.2) is 0 Å². The van der Waals surface area contributed by atoms with Gasteiger partial charge in [0, 0.05) is 7.11 Å². The molecule has 2 N–H and O–H groups in total. The van der Waals surface area contributed by atoms with Crippen molar-refractivity contribution in [2.45, 2.75) is 37.8 Å². The highest BCUT2D eigenvalue weighted by Gasteiger charge is 2.24. The zero-order valence-corrected chi connectivity index (χ0v) is 9.78. The maximum Gasteiger partial charge on any atom is 0.246 e. The molecule has 5 nitrogen and oxygen atoms in total. The van der Waals surface area contributed by atoms with Gasteiger partial charge in [-0.1, -0.05) is 12.8 Å². The monoisotopic (exact) mass is 231 g/mol. The minimum Gasteiger partial charge on any atom is -0.391 e. The number of aliphatic hydroxyl groups excluding tert-OH is 1. The number of methoxy groups -OCH3 is 1. The number of rotatable bonds is 6. The van der Waals surface area contributed by atoms with Gasteiger partial charge in [-0.2, -0.15) is 0 Å². The van der Waals surface area contributed by atoms with Crippen molar-refractivity contribution in [3.63, 3.8) is 0 Å². The molecule has 0 spiro atoms. The second-order valence-electron chi connectivity index (χ2n) is 4.07. The van der Waals surface area contributed by atoms with E-state index >= 15 is 0 Å². The van der Waals surface area contributed by atoms with Gasteiger partial charge in [0.05, 0.1) is 25.4 Å². The molecule has 1 rings (SSSR count). The summed E-state index contributed by atoms with van der Waals surface area (Å²) in [6.45, 7) is 0.934. The standard InChI is InChI=1S/C11H21NO4/c1-15-6-7-16-8-11(14)12-9-4-2-3-5-10(9)13/h9-10,13H,2-8H2,1H3,(H,12,14)/t9-,10-/m1/s1. The highest BCUT2D eigenvalue weighted by molar-refractivity contribution is 5.77. The average Bonchev–Trinajstić information content (AvgIpc) is 2.28. The van der Waals surface area contributed by atoms with Crippen molar-refractivity contribution in [1.82, 2.24) is 5.32 Å². The number of hydrogen-bond acceptors (Lipinski definition) is 4. The van der Waals surface area contributed by atoms with Crippen LogP contribution in [0.1, 0.15) is 25.7 Å². The van der Waals surface area contributed by atoms with Crippen LogP contribution in [0.2, 0.25) is 0 Å². The molecule has 1 aliphatic carbocycles. The van der Waals surface area contributed by atoms with E-state index < -0.39 is 6.10 Å². The fourth-order valence-electron chi connectivity index (χ4n) is 1.84. The summed E-state index contributed by atoms with van der Waals surface area (Å²) in [5.74, 6) is -0.165. The smallest absolute Gasteiger partial charge is 0.246 e. The Kier molecular flexibility index (Phi) is 6.37. The SMILES string of the molecule is COCCOCC(=O)N[C@@H]1CCCC[C@H]1O. The van der Waals surface area contributed by atoms with E-state index in [2.05, 4.69) is 5.32 Å². The van der Waals surface area contributed by atoms with Gasteiger partial charge in [0.25, 0.3) is 0 Å². The molecule has 1 aliphatic rings. The van der Waals surface area contributed by atoms with Gasteiger partial charge in [-0.05, 0) is 12.8 Å². The first-order valence-corrected chi connectivity index (χ1v) is 5.78. The van der Waals surface area contributed by atoms with Crippen LogP contribution in [0, 0.1) is 0 Å². The lowest BCUT2D eigenvalue weighted by atomic mass is 9.92. The lowest BCUT2D eigenvalue weighted by Gasteiger charge is -2.28. The highest BCUT2D eigenvalue weighted by atomic mass is 16.5. The fourth-order valence-corrected chi connectivity index (χ4v) is 1.84. The van der Waals surface area contributed by atoms with E-state index in [-0.39, 0.29) is 18.6 Å². The summed E-state index contributed by atoms with van der Waals surface area (Å²) in [7, 11) is 1.59. The summed E-state index contributed by atoms with van der Waals surface area (Å²) in [6.07, 6.45) is 3.32. The molecule has 0 radical (unpaired) electrons. The van der Waals surface area contributed by atoms with Crippen molar-refractivity contribution in [3.8, 4) is 0 Å². The summed E-state index contributed by atoms with van der Waals surface area (Å²) < 4.78 is 9.89. The predicted octanol–water partition coefficient (Wildman–Crippen LogP) is 0.0691. The average molecular weight is 231 g/mol. The second-order valence-corrected chi connectivity index (χ2v) is 4.07. The lowest BCUT2D eigenvalue weighted by Crippen LogP contribution is -2.46. The summed E-state index contributed by atoms with van der Waals surface area (Å²) in [5.41, 5.74) is 0. The van der Waals surface area contributed by atoms with Gasteiger partial charge in [0.1, 0.15) is 6.61 Å². The Hall–Kier alpha value is -0.650. The Morgan fingerprint density at radius 1 is 1.38 bits per heavy atom. The molecule has 0 bridgehead atoms. The fraction of sp³-hybridized carbons (Fsp3) is 0.909. The minimum atomic E-state index is -0.406. The molecule has 94 valence electrons. The number of aliphatic hydroxyl groups is 1. The summed E-state index contributed by atoms with van der Waals surface area (Å²) in [6, 6.07) is -0.104. The molecule has 1 saturated carbocycles. The van der Waals surface area contributed by atoms with Crippen LogP contribution in [0.4, 0.5) is 0 Å². The Bertz CT molecular complexity index is 210. The molecule has 5 heteroatoms. The van der Waals surface area contributed by atoms with Gasteiger partial charge in [-0.15, -0.1) is 0 Å². The molecular formula is C11H21NO4. The third-order valence-electron chi connectivity index (χ3n) is 2.74. The molecule has 0 aromatic carbocycles. The maximum atomic E-state index is 11.4. The first-order chi connectivity index (χ1) is 7.74. The topological polar surface area (TPSA) is 67.8 Å². The molecule has 0 saturated heterocycles. The van der Waals surface area contributed by atoms with Crippen LogP contribution in [0.3, 0.4) is 0 Å². The minimum absolute atomic E-state index is 0.0343. The molecule has 0 aromatic heterocycles. The molecule has 1 fully saturated rings. The van der Waals surface area contributed by atoms with E-state index in [1.54, 1.807) is 7.11 Å². The van der Waals surface area contributed by atoms with Gasteiger partial charge in [0.15, 0.2) is 0 Å². The Morgan fingerprint density at radius 3 is 2.81 bits per heavy atom. The van der Waals surface area contributed by atoms with E-state index in [1.807, 2.05) is 0 Å². The first-order valence-electron chi connectivity index (χ1n) is 5.78. The number of nitrogens with one attached hydrogen (secondary N) is 1. The zero-order valence-electron chi connectivity index (χ0n) is 9.78. The largest absolute Gasteiger partial charge is 0.391 e. The third-order valence-corrected chi connectivity index (χ3v) is 2.74. The van der Waals surface area contributed by atoms with Gasteiger partial charge < -0.3 is 19.9 Å². The molecule has 2 atom stereocenters. The van der Waals surface area contributed by atoms with E-state index in [0.717, 1.165) is 25.7 Å². The lowest BCUT2D eigenvalue weighted by molar-refractivity contribution is -0.128. The molecule has 0 aromatic rings. The number of carbonyl (C=O) groups is 1. The summed E-state index contributed by atoms with van der Waals surface area (Å²) >= 11 is 0. The molecular weight excluding hydrogens is 210 g/mol. The van der Waals surface area contributed by atoms with Crippen molar-refractivity contribution < 1.29 is 19.4 Å². The van der Waals surface area contributed by atoms with Crippen LogP contribution in [-0.2, 0) is 14.3 Å². The van der Waals surface area contributed by atoms with E-state index in [0.29, 0.717) is 13.2 Å². The molecule has 16 heavy (non-hydrogen) atoms. The van der Waals surface area contributed by atoms with E-state index in [4.69, 9.17) is 9.47 Å². The van der Waals surface area contributed by atoms with Crippen LogP contribution >= 0.6 is 0 Å². The van der Waals surface area contributed by atoms with Crippen LogP contribution in [-0.4, -0.2) is 50.1 Å².